The number of hydrogen-bond donors (Lipinski definition) is 1. The Kier molecular flexibility index (Phi) is 6.98. The number of anilines is 1. The first-order valence-corrected chi connectivity index (χ1v) is 11.4. The van der Waals surface area contributed by atoms with E-state index in [1.54, 1.807) is 6.07 Å². The standard InChI is InChI=1S/C24H30N4O5/c1-4-31-23-13-17(5-7-22(23)32-16(2)3)15-27-11-9-18(10-12-27)25-24-26-20-14-19(28(29)30)6-8-21(20)33-24/h5-8,13-14,16,18H,4,9-12,15H2,1-3H3,(H,25,26). The molecule has 1 aliphatic heterocycles. The largest absolute Gasteiger partial charge is 0.490 e. The van der Waals surface area contributed by atoms with Gasteiger partial charge in [0.25, 0.3) is 11.7 Å². The minimum absolute atomic E-state index is 0.00644. The number of rotatable bonds is 9. The number of hydrogen-bond acceptors (Lipinski definition) is 8. The fraction of sp³-hybridized carbons (Fsp3) is 0.458. The predicted octanol–water partition coefficient (Wildman–Crippen LogP) is 5.00. The van der Waals surface area contributed by atoms with Crippen LogP contribution in [0.2, 0.25) is 0 Å². The lowest BCUT2D eigenvalue weighted by Crippen LogP contribution is -2.38. The lowest BCUT2D eigenvalue weighted by molar-refractivity contribution is -0.384. The highest BCUT2D eigenvalue weighted by Crippen LogP contribution is 2.30. The van der Waals surface area contributed by atoms with Crippen molar-refractivity contribution in [3.05, 3.63) is 52.1 Å². The van der Waals surface area contributed by atoms with Crippen molar-refractivity contribution < 1.29 is 18.8 Å². The topological polar surface area (TPSA) is 103 Å². The third-order valence-electron chi connectivity index (χ3n) is 5.57. The molecule has 0 unspecified atom stereocenters. The number of benzene rings is 2. The van der Waals surface area contributed by atoms with Crippen molar-refractivity contribution in [3.8, 4) is 11.5 Å². The zero-order valence-corrected chi connectivity index (χ0v) is 19.2. The van der Waals surface area contributed by atoms with Gasteiger partial charge in [0.15, 0.2) is 17.1 Å². The molecular formula is C24H30N4O5. The summed E-state index contributed by atoms with van der Waals surface area (Å²) in [6.07, 6.45) is 2.00. The maximum absolute atomic E-state index is 11.0. The van der Waals surface area contributed by atoms with Crippen molar-refractivity contribution >= 4 is 22.8 Å². The van der Waals surface area contributed by atoms with Crippen LogP contribution in [0.15, 0.2) is 40.8 Å². The first-order valence-electron chi connectivity index (χ1n) is 11.4. The zero-order chi connectivity index (χ0) is 23.4. The molecule has 176 valence electrons. The van der Waals surface area contributed by atoms with E-state index in [1.807, 2.05) is 26.8 Å². The minimum atomic E-state index is -0.431. The van der Waals surface area contributed by atoms with Crippen molar-refractivity contribution in [2.75, 3.05) is 25.0 Å². The molecule has 9 heteroatoms. The van der Waals surface area contributed by atoms with Crippen LogP contribution in [0.25, 0.3) is 11.1 Å². The highest BCUT2D eigenvalue weighted by Gasteiger charge is 2.22. The summed E-state index contributed by atoms with van der Waals surface area (Å²) in [6, 6.07) is 11.3. The summed E-state index contributed by atoms with van der Waals surface area (Å²) in [5.41, 5.74) is 2.23. The van der Waals surface area contributed by atoms with Gasteiger partial charge in [-0.15, -0.1) is 0 Å². The van der Waals surface area contributed by atoms with Gasteiger partial charge >= 0.3 is 0 Å². The second-order valence-corrected chi connectivity index (χ2v) is 8.50. The Morgan fingerprint density at radius 2 is 2.00 bits per heavy atom. The number of nitro groups is 1. The molecule has 0 amide bonds. The first-order chi connectivity index (χ1) is 15.9. The summed E-state index contributed by atoms with van der Waals surface area (Å²) in [7, 11) is 0. The van der Waals surface area contributed by atoms with E-state index < -0.39 is 4.92 Å². The Morgan fingerprint density at radius 3 is 2.70 bits per heavy atom. The number of ether oxygens (including phenoxy) is 2. The molecule has 3 aromatic rings. The van der Waals surface area contributed by atoms with Crippen LogP contribution in [0.1, 0.15) is 39.2 Å². The first kappa shape index (κ1) is 22.8. The average Bonchev–Trinajstić information content (AvgIpc) is 3.18. The van der Waals surface area contributed by atoms with Gasteiger partial charge in [-0.1, -0.05) is 6.07 Å². The number of oxazole rings is 1. The maximum Gasteiger partial charge on any atom is 0.295 e. The number of piperidine rings is 1. The lowest BCUT2D eigenvalue weighted by Gasteiger charge is -2.32. The van der Waals surface area contributed by atoms with Crippen LogP contribution in [-0.4, -0.2) is 46.6 Å². The molecular weight excluding hydrogens is 424 g/mol. The molecule has 0 aliphatic carbocycles. The molecule has 9 nitrogen and oxygen atoms in total. The van der Waals surface area contributed by atoms with Crippen molar-refractivity contribution in [2.45, 2.75) is 52.3 Å². The normalized spacial score (nSPS) is 15.2. The fourth-order valence-electron chi connectivity index (χ4n) is 4.03. The van der Waals surface area contributed by atoms with Crippen LogP contribution in [0.3, 0.4) is 0 Å². The van der Waals surface area contributed by atoms with E-state index in [-0.39, 0.29) is 17.8 Å². The number of nitro benzene ring substituents is 1. The SMILES string of the molecule is CCOc1cc(CN2CCC(Nc3nc4cc([N+](=O)[O-])ccc4o3)CC2)ccc1OC(C)C. The van der Waals surface area contributed by atoms with E-state index in [9.17, 15) is 10.1 Å². The van der Waals surface area contributed by atoms with Crippen molar-refractivity contribution in [1.29, 1.82) is 0 Å². The summed E-state index contributed by atoms with van der Waals surface area (Å²) in [5.74, 6) is 1.57. The average molecular weight is 455 g/mol. The van der Waals surface area contributed by atoms with Crippen molar-refractivity contribution in [1.82, 2.24) is 9.88 Å². The van der Waals surface area contributed by atoms with Crippen LogP contribution in [0, 0.1) is 10.1 Å². The highest BCUT2D eigenvalue weighted by atomic mass is 16.6. The van der Waals surface area contributed by atoms with Gasteiger partial charge in [-0.3, -0.25) is 15.0 Å². The van der Waals surface area contributed by atoms with Crippen LogP contribution in [0.4, 0.5) is 11.7 Å². The number of likely N-dealkylation sites (tertiary alicyclic amines) is 1. The molecule has 1 fully saturated rings. The Balaban J connectivity index is 1.33. The Morgan fingerprint density at radius 1 is 1.21 bits per heavy atom. The predicted molar refractivity (Wildman–Crippen MR) is 126 cm³/mol. The highest BCUT2D eigenvalue weighted by molar-refractivity contribution is 5.77. The lowest BCUT2D eigenvalue weighted by atomic mass is 10.0. The molecule has 0 radical (unpaired) electrons. The minimum Gasteiger partial charge on any atom is -0.490 e. The number of non-ortho nitro benzene ring substituents is 1. The van der Waals surface area contributed by atoms with E-state index in [2.05, 4.69) is 27.3 Å². The molecule has 2 aromatic carbocycles. The summed E-state index contributed by atoms with van der Waals surface area (Å²) < 4.78 is 17.4. The fourth-order valence-corrected chi connectivity index (χ4v) is 4.03. The molecule has 0 bridgehead atoms. The van der Waals surface area contributed by atoms with E-state index in [0.717, 1.165) is 44.0 Å². The van der Waals surface area contributed by atoms with E-state index in [1.165, 1.54) is 17.7 Å². The summed E-state index contributed by atoms with van der Waals surface area (Å²) in [6.45, 7) is 9.31. The van der Waals surface area contributed by atoms with E-state index >= 15 is 0 Å². The second-order valence-electron chi connectivity index (χ2n) is 8.50. The van der Waals surface area contributed by atoms with E-state index in [4.69, 9.17) is 13.9 Å². The van der Waals surface area contributed by atoms with E-state index in [0.29, 0.717) is 23.7 Å². The van der Waals surface area contributed by atoms with Crippen LogP contribution in [0.5, 0.6) is 11.5 Å². The molecule has 2 heterocycles. The van der Waals surface area contributed by atoms with Crippen molar-refractivity contribution in [3.63, 3.8) is 0 Å². The van der Waals surface area contributed by atoms with Gasteiger partial charge < -0.3 is 19.2 Å². The van der Waals surface area contributed by atoms with Gasteiger partial charge in [-0.2, -0.15) is 4.98 Å². The third kappa shape index (κ3) is 5.73. The Hall–Kier alpha value is -3.33. The number of fused-ring (bicyclic) bond motifs is 1. The van der Waals surface area contributed by atoms with Gasteiger partial charge in [0.05, 0.1) is 17.6 Å². The number of nitrogens with one attached hydrogen (secondary N) is 1. The molecule has 1 N–H and O–H groups in total. The smallest absolute Gasteiger partial charge is 0.295 e. The van der Waals surface area contributed by atoms with Gasteiger partial charge in [-0.05, 0) is 57.4 Å². The summed E-state index contributed by atoms with van der Waals surface area (Å²) in [4.78, 5) is 17.3. The molecule has 1 aromatic heterocycles. The monoisotopic (exact) mass is 454 g/mol. The van der Waals surface area contributed by atoms with Gasteiger partial charge in [0.1, 0.15) is 5.52 Å². The van der Waals surface area contributed by atoms with Gasteiger partial charge in [0, 0.05) is 37.8 Å². The maximum atomic E-state index is 11.0. The molecule has 33 heavy (non-hydrogen) atoms. The molecule has 1 aliphatic rings. The molecule has 0 atom stereocenters. The summed E-state index contributed by atoms with van der Waals surface area (Å²) >= 11 is 0. The quantitative estimate of drug-likeness (QED) is 0.356. The number of aromatic nitrogens is 1. The van der Waals surface area contributed by atoms with Gasteiger partial charge in [0.2, 0.25) is 0 Å². The third-order valence-corrected chi connectivity index (χ3v) is 5.57. The number of nitrogens with zero attached hydrogens (tertiary/aromatic N) is 3. The molecule has 1 saturated heterocycles. The van der Waals surface area contributed by atoms with Crippen LogP contribution in [-0.2, 0) is 6.54 Å². The van der Waals surface area contributed by atoms with Gasteiger partial charge in [-0.25, -0.2) is 0 Å². The van der Waals surface area contributed by atoms with Crippen LogP contribution >= 0.6 is 0 Å². The second kappa shape index (κ2) is 10.1. The van der Waals surface area contributed by atoms with Crippen LogP contribution < -0.4 is 14.8 Å². The Bertz CT molecular complexity index is 1110. The zero-order valence-electron chi connectivity index (χ0n) is 19.2. The molecule has 4 rings (SSSR count). The molecule has 0 spiro atoms. The molecule has 0 saturated carbocycles. The van der Waals surface area contributed by atoms with Crippen molar-refractivity contribution in [2.24, 2.45) is 0 Å². The summed E-state index contributed by atoms with van der Waals surface area (Å²) in [5, 5.41) is 14.3. The Labute approximate surface area is 192 Å².